The molecule has 0 fully saturated rings. The van der Waals surface area contributed by atoms with Gasteiger partial charge in [0.1, 0.15) is 0 Å². The number of nitrogens with one attached hydrogen (secondary N) is 1. The molecule has 0 saturated carbocycles. The highest BCUT2D eigenvalue weighted by Crippen LogP contribution is 2.33. The van der Waals surface area contributed by atoms with Crippen molar-refractivity contribution in [2.45, 2.75) is 31.0 Å². The zero-order valence-corrected chi connectivity index (χ0v) is 22.7. The average molecular weight is 621 g/mol. The van der Waals surface area contributed by atoms with Crippen molar-refractivity contribution in [3.05, 3.63) is 98.9 Å². The predicted molar refractivity (Wildman–Crippen MR) is 143 cm³/mol. The van der Waals surface area contributed by atoms with E-state index in [1.165, 1.54) is 16.7 Å². The fourth-order valence-corrected chi connectivity index (χ4v) is 5.45. The maximum atomic E-state index is 13.7. The van der Waals surface area contributed by atoms with Crippen LogP contribution >= 0.6 is 15.9 Å². The molecule has 4 aromatic rings. The number of Topliss-reactive ketones (excluding diaryl/α,β-unsaturated/α-hetero) is 1. The van der Waals surface area contributed by atoms with Gasteiger partial charge in [-0.3, -0.25) is 19.0 Å². The Kier molecular flexibility index (Phi) is 7.80. The summed E-state index contributed by atoms with van der Waals surface area (Å²) in [5.74, 6) is -2.90. The summed E-state index contributed by atoms with van der Waals surface area (Å²) in [7, 11) is -4.79. The molecule has 3 aromatic carbocycles. The Morgan fingerprint density at radius 2 is 1.59 bits per heavy atom. The van der Waals surface area contributed by atoms with Crippen molar-refractivity contribution in [2.75, 3.05) is 0 Å². The topological polar surface area (TPSA) is 102 Å². The highest BCUT2D eigenvalue weighted by molar-refractivity contribution is 9.10. The van der Waals surface area contributed by atoms with Crippen molar-refractivity contribution in [1.29, 1.82) is 0 Å². The van der Waals surface area contributed by atoms with Crippen LogP contribution in [-0.4, -0.2) is 30.9 Å². The van der Waals surface area contributed by atoms with Crippen LogP contribution in [0.1, 0.15) is 29.4 Å². The maximum Gasteiger partial charge on any atom is 0.472 e. The molecule has 0 bridgehead atoms. The SMILES string of the molecule is CCC(=O)c1c(-c2ccccc2)c2cc(Br)ccc2c(=O)n1Cc1ccc(S(=O)(=O)NC(=O)C(F)(F)F)cc1. The zero-order valence-electron chi connectivity index (χ0n) is 20.3. The highest BCUT2D eigenvalue weighted by Gasteiger charge is 2.41. The van der Waals surface area contributed by atoms with E-state index in [9.17, 15) is 36.0 Å². The third-order valence-corrected chi connectivity index (χ3v) is 7.78. The number of alkyl halides is 3. The summed E-state index contributed by atoms with van der Waals surface area (Å²) in [6, 6.07) is 18.8. The minimum Gasteiger partial charge on any atom is -0.300 e. The lowest BCUT2D eigenvalue weighted by Crippen LogP contribution is -2.40. The third-order valence-electron chi connectivity index (χ3n) is 5.94. The summed E-state index contributed by atoms with van der Waals surface area (Å²) < 4.78 is 65.0. The lowest BCUT2D eigenvalue weighted by Gasteiger charge is -2.19. The number of rotatable bonds is 7. The molecular weight excluding hydrogens is 601 g/mol. The van der Waals surface area contributed by atoms with Gasteiger partial charge in [0.2, 0.25) is 0 Å². The molecule has 0 aliphatic rings. The minimum atomic E-state index is -5.38. The van der Waals surface area contributed by atoms with Crippen LogP contribution in [0, 0.1) is 0 Å². The standard InChI is InChI=1S/C27H20BrF3N2O5S/c1-2-22(34)24-23(17-6-4-3-5-7-17)21-14-18(28)10-13-20(21)25(35)33(24)15-16-8-11-19(12-9-16)39(37,38)32-26(36)27(29,30)31/h3-14H,2,15H2,1H3,(H,32,36). The molecule has 4 rings (SSSR count). The number of ketones is 1. The average Bonchev–Trinajstić information content (AvgIpc) is 2.89. The molecule has 12 heteroatoms. The van der Waals surface area contributed by atoms with Crippen LogP contribution in [0.15, 0.2) is 87.0 Å². The number of sulfonamides is 1. The molecule has 39 heavy (non-hydrogen) atoms. The molecule has 202 valence electrons. The molecule has 1 N–H and O–H groups in total. The van der Waals surface area contributed by atoms with Crippen LogP contribution in [0.5, 0.6) is 0 Å². The number of fused-ring (bicyclic) bond motifs is 1. The van der Waals surface area contributed by atoms with Crippen LogP contribution in [-0.2, 0) is 21.4 Å². The smallest absolute Gasteiger partial charge is 0.300 e. The number of nitrogens with zero attached hydrogens (tertiary/aromatic N) is 1. The summed E-state index contributed by atoms with van der Waals surface area (Å²) in [5, 5.41) is 0.939. The Labute approximate surface area is 229 Å². The minimum absolute atomic E-state index is 0.106. The summed E-state index contributed by atoms with van der Waals surface area (Å²) in [6.45, 7) is 1.55. The normalized spacial score (nSPS) is 11.9. The number of carbonyl (C=O) groups excluding carboxylic acids is 2. The largest absolute Gasteiger partial charge is 0.472 e. The molecule has 7 nitrogen and oxygen atoms in total. The van der Waals surface area contributed by atoms with E-state index in [0.29, 0.717) is 31.9 Å². The van der Waals surface area contributed by atoms with Crippen LogP contribution in [0.3, 0.4) is 0 Å². The fraction of sp³-hybridized carbons (Fsp3) is 0.148. The molecule has 0 aliphatic carbocycles. The second-order valence-corrected chi connectivity index (χ2v) is 11.1. The number of pyridine rings is 1. The van der Waals surface area contributed by atoms with E-state index >= 15 is 0 Å². The Morgan fingerprint density at radius 3 is 2.18 bits per heavy atom. The Balaban J connectivity index is 1.86. The van der Waals surface area contributed by atoms with E-state index < -0.39 is 32.6 Å². The maximum absolute atomic E-state index is 13.7. The second kappa shape index (κ2) is 10.8. The van der Waals surface area contributed by atoms with Crippen molar-refractivity contribution in [3.8, 4) is 11.1 Å². The zero-order chi connectivity index (χ0) is 28.5. The van der Waals surface area contributed by atoms with E-state index in [0.717, 1.165) is 16.9 Å². The monoisotopic (exact) mass is 620 g/mol. The van der Waals surface area contributed by atoms with E-state index in [1.807, 2.05) is 30.3 Å². The third kappa shape index (κ3) is 5.81. The van der Waals surface area contributed by atoms with Gasteiger partial charge < -0.3 is 0 Å². The van der Waals surface area contributed by atoms with Crippen molar-refractivity contribution < 1.29 is 31.2 Å². The molecule has 1 amide bonds. The van der Waals surface area contributed by atoms with Gasteiger partial charge in [-0.2, -0.15) is 13.2 Å². The number of amides is 1. The molecule has 0 atom stereocenters. The molecular formula is C27H20BrF3N2O5S. The Bertz CT molecular complexity index is 1750. The first-order valence-corrected chi connectivity index (χ1v) is 13.8. The van der Waals surface area contributed by atoms with Crippen molar-refractivity contribution in [3.63, 3.8) is 0 Å². The highest BCUT2D eigenvalue weighted by atomic mass is 79.9. The van der Waals surface area contributed by atoms with Gasteiger partial charge in [-0.25, -0.2) is 13.1 Å². The van der Waals surface area contributed by atoms with Crippen LogP contribution < -0.4 is 10.3 Å². The van der Waals surface area contributed by atoms with E-state index in [1.54, 1.807) is 25.1 Å². The molecule has 0 aliphatic heterocycles. The second-order valence-electron chi connectivity index (χ2n) is 8.52. The van der Waals surface area contributed by atoms with Gasteiger partial charge in [-0.15, -0.1) is 0 Å². The Morgan fingerprint density at radius 1 is 0.949 bits per heavy atom. The quantitative estimate of drug-likeness (QED) is 0.277. The van der Waals surface area contributed by atoms with Gasteiger partial charge in [0.15, 0.2) is 5.78 Å². The number of benzene rings is 3. The van der Waals surface area contributed by atoms with Crippen molar-refractivity contribution >= 4 is 48.4 Å². The first kappa shape index (κ1) is 28.2. The first-order chi connectivity index (χ1) is 18.3. The lowest BCUT2D eigenvalue weighted by molar-refractivity contribution is -0.171. The van der Waals surface area contributed by atoms with Crippen molar-refractivity contribution in [1.82, 2.24) is 9.29 Å². The van der Waals surface area contributed by atoms with Gasteiger partial charge in [0.05, 0.1) is 17.1 Å². The summed E-state index contributed by atoms with van der Waals surface area (Å²) in [6.07, 6.45) is -5.27. The van der Waals surface area contributed by atoms with Gasteiger partial charge >= 0.3 is 12.1 Å². The van der Waals surface area contributed by atoms with Gasteiger partial charge in [0.25, 0.3) is 15.6 Å². The van der Waals surface area contributed by atoms with Crippen molar-refractivity contribution in [2.24, 2.45) is 0 Å². The summed E-state index contributed by atoms with van der Waals surface area (Å²) in [4.78, 5) is 37.5. The van der Waals surface area contributed by atoms with E-state index in [-0.39, 0.29) is 24.4 Å². The molecule has 1 heterocycles. The predicted octanol–water partition coefficient (Wildman–Crippen LogP) is 5.44. The fourth-order valence-electron chi connectivity index (χ4n) is 4.12. The number of hydrogen-bond donors (Lipinski definition) is 1. The van der Waals surface area contributed by atoms with Gasteiger partial charge in [0, 0.05) is 21.8 Å². The summed E-state index contributed by atoms with van der Waals surface area (Å²) >= 11 is 3.43. The lowest BCUT2D eigenvalue weighted by atomic mass is 9.94. The van der Waals surface area contributed by atoms with E-state index in [4.69, 9.17) is 0 Å². The number of halogens is 4. The molecule has 0 spiro atoms. The van der Waals surface area contributed by atoms with Gasteiger partial charge in [-0.05, 0) is 46.8 Å². The number of aromatic nitrogens is 1. The van der Waals surface area contributed by atoms with Crippen LogP contribution in [0.25, 0.3) is 21.9 Å². The number of hydrogen-bond acceptors (Lipinski definition) is 5. The first-order valence-electron chi connectivity index (χ1n) is 11.5. The molecule has 0 radical (unpaired) electrons. The Hall–Kier alpha value is -3.77. The van der Waals surface area contributed by atoms with Gasteiger partial charge in [-0.1, -0.05) is 65.3 Å². The van der Waals surface area contributed by atoms with Crippen LogP contribution in [0.4, 0.5) is 13.2 Å². The van der Waals surface area contributed by atoms with E-state index in [2.05, 4.69) is 15.9 Å². The summed E-state index contributed by atoms with van der Waals surface area (Å²) in [5.41, 5.74) is 1.41. The molecule has 1 aromatic heterocycles. The molecule has 0 saturated heterocycles. The molecule has 0 unspecified atom stereocenters. The number of carbonyl (C=O) groups is 2. The van der Waals surface area contributed by atoms with Crippen LogP contribution in [0.2, 0.25) is 0 Å².